The van der Waals surface area contributed by atoms with Crippen molar-refractivity contribution >= 4 is 5.97 Å². The van der Waals surface area contributed by atoms with Crippen LogP contribution in [-0.4, -0.2) is 11.1 Å². The maximum absolute atomic E-state index is 11.3. The van der Waals surface area contributed by atoms with Crippen molar-refractivity contribution < 1.29 is 14.6 Å². The minimum Gasteiger partial charge on any atom is -0.489 e. The number of hydrogen-bond acceptors (Lipinski definition) is 2. The lowest BCUT2D eigenvalue weighted by molar-refractivity contribution is -0.137. The number of carboxylic acids is 1. The van der Waals surface area contributed by atoms with E-state index in [0.29, 0.717) is 6.61 Å². The van der Waals surface area contributed by atoms with Gasteiger partial charge >= 0.3 is 5.97 Å². The first-order valence-corrected chi connectivity index (χ1v) is 11.8. The number of carbonyl (C=O) groups is 1. The van der Waals surface area contributed by atoms with Crippen LogP contribution in [0.5, 0.6) is 5.75 Å². The summed E-state index contributed by atoms with van der Waals surface area (Å²) < 4.78 is 6.09. The van der Waals surface area contributed by atoms with E-state index in [1.807, 2.05) is 31.2 Å². The predicted molar refractivity (Wildman–Crippen MR) is 132 cm³/mol. The van der Waals surface area contributed by atoms with Crippen molar-refractivity contribution in [3.05, 3.63) is 76.4 Å². The lowest BCUT2D eigenvalue weighted by Gasteiger charge is -2.42. The van der Waals surface area contributed by atoms with Gasteiger partial charge in [0.05, 0.1) is 6.42 Å². The predicted octanol–water partition coefficient (Wildman–Crippen LogP) is 7.53. The molecule has 0 bridgehead atoms. The Labute approximate surface area is 193 Å². The van der Waals surface area contributed by atoms with Gasteiger partial charge in [-0.2, -0.15) is 0 Å². The zero-order valence-electron chi connectivity index (χ0n) is 20.5. The fourth-order valence-electron chi connectivity index (χ4n) is 4.63. The summed E-state index contributed by atoms with van der Waals surface area (Å²) >= 11 is 0. The third-order valence-electron chi connectivity index (χ3n) is 7.07. The van der Waals surface area contributed by atoms with Gasteiger partial charge in [-0.15, -0.1) is 0 Å². The average molecular weight is 435 g/mol. The smallest absolute Gasteiger partial charge is 0.304 e. The van der Waals surface area contributed by atoms with Crippen LogP contribution in [0.15, 0.2) is 54.1 Å². The molecule has 172 valence electrons. The first-order valence-electron chi connectivity index (χ1n) is 11.8. The molecule has 1 atom stereocenters. The van der Waals surface area contributed by atoms with Crippen molar-refractivity contribution in [3.63, 3.8) is 0 Å². The molecule has 0 spiro atoms. The number of hydrogen-bond donors (Lipinski definition) is 1. The topological polar surface area (TPSA) is 46.5 Å². The fourth-order valence-corrected chi connectivity index (χ4v) is 4.63. The normalized spacial score (nSPS) is 18.0. The summed E-state index contributed by atoms with van der Waals surface area (Å²) in [7, 11) is 0. The Morgan fingerprint density at radius 3 is 2.25 bits per heavy atom. The third kappa shape index (κ3) is 5.62. The van der Waals surface area contributed by atoms with E-state index in [1.165, 1.54) is 35.1 Å². The highest BCUT2D eigenvalue weighted by molar-refractivity contribution is 5.68. The summed E-state index contributed by atoms with van der Waals surface area (Å²) in [5.74, 6) is -0.0990. The Hall–Kier alpha value is -2.55. The van der Waals surface area contributed by atoms with Crippen molar-refractivity contribution in [1.29, 1.82) is 0 Å². The molecule has 1 aliphatic rings. The zero-order valence-corrected chi connectivity index (χ0v) is 20.5. The van der Waals surface area contributed by atoms with E-state index in [9.17, 15) is 9.90 Å². The summed E-state index contributed by atoms with van der Waals surface area (Å²) in [5, 5.41) is 9.30. The number of ether oxygens (including phenoxy) is 1. The Bertz CT molecular complexity index is 980. The molecule has 3 nitrogen and oxygen atoms in total. The maximum atomic E-state index is 11.3. The molecule has 0 saturated carbocycles. The number of aliphatic carboxylic acids is 1. The van der Waals surface area contributed by atoms with Crippen LogP contribution in [0.4, 0.5) is 0 Å². The Morgan fingerprint density at radius 2 is 1.66 bits per heavy atom. The quantitative estimate of drug-likeness (QED) is 0.437. The van der Waals surface area contributed by atoms with Gasteiger partial charge in [-0.1, -0.05) is 76.6 Å². The van der Waals surface area contributed by atoms with Gasteiger partial charge in [0.25, 0.3) is 0 Å². The van der Waals surface area contributed by atoms with Crippen LogP contribution in [0.2, 0.25) is 0 Å². The molecule has 0 heterocycles. The summed E-state index contributed by atoms with van der Waals surface area (Å²) in [4.78, 5) is 11.3. The van der Waals surface area contributed by atoms with Crippen LogP contribution >= 0.6 is 0 Å². The van der Waals surface area contributed by atoms with Gasteiger partial charge in [-0.05, 0) is 71.4 Å². The van der Waals surface area contributed by atoms with Gasteiger partial charge in [-0.3, -0.25) is 4.79 Å². The maximum Gasteiger partial charge on any atom is 0.304 e. The van der Waals surface area contributed by atoms with E-state index in [2.05, 4.69) is 58.9 Å². The average Bonchev–Trinajstić information content (AvgIpc) is 2.75. The highest BCUT2D eigenvalue weighted by Crippen LogP contribution is 2.46. The first-order chi connectivity index (χ1) is 15.0. The van der Waals surface area contributed by atoms with Crippen LogP contribution in [0.1, 0.15) is 95.4 Å². The number of benzene rings is 2. The third-order valence-corrected chi connectivity index (χ3v) is 7.07. The van der Waals surface area contributed by atoms with Gasteiger partial charge in [0.2, 0.25) is 0 Å². The highest BCUT2D eigenvalue weighted by atomic mass is 16.5. The number of carboxylic acid groups (broad SMARTS) is 1. The molecule has 2 aromatic rings. The van der Waals surface area contributed by atoms with Crippen molar-refractivity contribution in [2.24, 2.45) is 0 Å². The lowest BCUT2D eigenvalue weighted by atomic mass is 9.63. The van der Waals surface area contributed by atoms with E-state index in [0.717, 1.165) is 17.7 Å². The molecule has 32 heavy (non-hydrogen) atoms. The minimum atomic E-state index is -0.783. The second kappa shape index (κ2) is 9.52. The Balaban J connectivity index is 1.73. The Kier molecular flexibility index (Phi) is 7.17. The monoisotopic (exact) mass is 434 g/mol. The molecule has 0 radical (unpaired) electrons. The standard InChI is InChI=1S/C29H38O3/c1-7-20(2)16-23(18-27(30)31)22-9-11-24(12-10-22)32-19-21-8-13-25-26(17-21)29(5,6)15-14-28(25,3)4/h8-13,16-17,23H,7,14-15,18-19H2,1-6H3,(H,30,31)/t23-/m1/s1. The number of fused-ring (bicyclic) bond motifs is 1. The van der Waals surface area contributed by atoms with E-state index >= 15 is 0 Å². The molecular formula is C29H38O3. The fraction of sp³-hybridized carbons (Fsp3) is 0.483. The number of rotatable bonds is 8. The van der Waals surface area contributed by atoms with Crippen molar-refractivity contribution in [1.82, 2.24) is 0 Å². The molecule has 1 N–H and O–H groups in total. The minimum absolute atomic E-state index is 0.0960. The first kappa shape index (κ1) is 24.1. The molecule has 0 amide bonds. The molecule has 0 saturated heterocycles. The van der Waals surface area contributed by atoms with Gasteiger partial charge < -0.3 is 9.84 Å². The molecule has 0 aliphatic heterocycles. The van der Waals surface area contributed by atoms with Gasteiger partial charge in [0, 0.05) is 5.92 Å². The van der Waals surface area contributed by atoms with E-state index < -0.39 is 5.97 Å². The lowest BCUT2D eigenvalue weighted by Crippen LogP contribution is -2.33. The Morgan fingerprint density at radius 1 is 1.03 bits per heavy atom. The van der Waals surface area contributed by atoms with Crippen molar-refractivity contribution in [2.45, 2.75) is 90.6 Å². The van der Waals surface area contributed by atoms with E-state index in [1.54, 1.807) is 0 Å². The summed E-state index contributed by atoms with van der Waals surface area (Å²) in [6.45, 7) is 14.0. The van der Waals surface area contributed by atoms with Crippen LogP contribution in [0.3, 0.4) is 0 Å². The highest BCUT2D eigenvalue weighted by Gasteiger charge is 2.36. The SMILES string of the molecule is CCC(C)=C[C@H](CC(=O)O)c1ccc(OCc2ccc3c(c2)C(C)(C)CCC3(C)C)cc1. The molecule has 0 unspecified atom stereocenters. The molecule has 0 aromatic heterocycles. The van der Waals surface area contributed by atoms with Gasteiger partial charge in [0.1, 0.15) is 12.4 Å². The molecule has 1 aliphatic carbocycles. The number of allylic oxidation sites excluding steroid dienone is 2. The van der Waals surface area contributed by atoms with Gasteiger partial charge in [-0.25, -0.2) is 0 Å². The summed E-state index contributed by atoms with van der Waals surface area (Å²) in [6, 6.07) is 14.7. The van der Waals surface area contributed by atoms with Crippen molar-refractivity contribution in [3.8, 4) is 5.75 Å². The van der Waals surface area contributed by atoms with E-state index in [4.69, 9.17) is 4.74 Å². The summed E-state index contributed by atoms with van der Waals surface area (Å²) in [6.07, 6.45) is 5.50. The van der Waals surface area contributed by atoms with Gasteiger partial charge in [0.15, 0.2) is 0 Å². The van der Waals surface area contributed by atoms with Crippen molar-refractivity contribution in [2.75, 3.05) is 0 Å². The zero-order chi connectivity index (χ0) is 23.5. The molecule has 3 rings (SSSR count). The van der Waals surface area contributed by atoms with Crippen LogP contribution in [0, 0.1) is 0 Å². The molecule has 3 heteroatoms. The molecular weight excluding hydrogens is 396 g/mol. The molecule has 0 fully saturated rings. The van der Waals surface area contributed by atoms with Crippen LogP contribution in [0.25, 0.3) is 0 Å². The van der Waals surface area contributed by atoms with E-state index in [-0.39, 0.29) is 23.2 Å². The summed E-state index contributed by atoms with van der Waals surface area (Å²) in [5.41, 5.74) is 6.70. The van der Waals surface area contributed by atoms with Crippen LogP contribution in [-0.2, 0) is 22.2 Å². The van der Waals surface area contributed by atoms with Crippen LogP contribution < -0.4 is 4.74 Å². The second-order valence-corrected chi connectivity index (χ2v) is 10.6. The molecule has 2 aromatic carbocycles. The second-order valence-electron chi connectivity index (χ2n) is 10.6. The largest absolute Gasteiger partial charge is 0.489 e.